The fourth-order valence-corrected chi connectivity index (χ4v) is 2.48. The fraction of sp³-hybridized carbons (Fsp3) is 0.800. The molecule has 1 fully saturated rings. The molecule has 1 atom stereocenters. The Morgan fingerprint density at radius 3 is 3.07 bits per heavy atom. The number of nitriles is 1. The maximum absolute atomic E-state index is 12.0. The highest BCUT2D eigenvalue weighted by molar-refractivity contribution is 7.99. The summed E-state index contributed by atoms with van der Waals surface area (Å²) in [7, 11) is 0. The van der Waals surface area contributed by atoms with E-state index in [9.17, 15) is 4.79 Å². The van der Waals surface area contributed by atoms with Crippen molar-refractivity contribution in [2.75, 3.05) is 31.1 Å². The minimum atomic E-state index is -0.0533. The molecule has 0 aliphatic carbocycles. The molecule has 1 rings (SSSR count). The summed E-state index contributed by atoms with van der Waals surface area (Å²) in [6.45, 7) is 4.08. The number of hydrogen-bond acceptors (Lipinski definition) is 4. The second-order valence-corrected chi connectivity index (χ2v) is 4.56. The summed E-state index contributed by atoms with van der Waals surface area (Å²) in [6, 6.07) is 2.02. The van der Waals surface area contributed by atoms with Gasteiger partial charge in [-0.2, -0.15) is 17.0 Å². The molecule has 0 aromatic heterocycles. The molecular formula is C10H17N3OS. The lowest BCUT2D eigenvalue weighted by atomic mass is 10.2. The first-order valence-corrected chi connectivity index (χ1v) is 6.42. The predicted molar refractivity (Wildman–Crippen MR) is 61.6 cm³/mol. The van der Waals surface area contributed by atoms with Gasteiger partial charge in [-0.05, 0) is 6.92 Å². The molecule has 0 bridgehead atoms. The smallest absolute Gasteiger partial charge is 0.240 e. The van der Waals surface area contributed by atoms with E-state index >= 15 is 0 Å². The zero-order chi connectivity index (χ0) is 11.1. The summed E-state index contributed by atoms with van der Waals surface area (Å²) in [4.78, 5) is 13.7. The highest BCUT2D eigenvalue weighted by atomic mass is 32.2. The Bertz CT molecular complexity index is 246. The standard InChI is InChI=1S/C10H17N3OS/c1-2-13(6-3-4-11)10(14)9-8-15-7-5-12-9/h9,12H,2-3,5-8H2,1H3. The van der Waals surface area contributed by atoms with E-state index in [1.165, 1.54) is 0 Å². The average molecular weight is 227 g/mol. The van der Waals surface area contributed by atoms with Gasteiger partial charge in [0, 0.05) is 31.1 Å². The van der Waals surface area contributed by atoms with Crippen molar-refractivity contribution in [2.24, 2.45) is 0 Å². The van der Waals surface area contributed by atoms with Crippen LogP contribution in [0.4, 0.5) is 0 Å². The molecule has 0 aromatic rings. The van der Waals surface area contributed by atoms with Crippen molar-refractivity contribution in [1.29, 1.82) is 5.26 Å². The Morgan fingerprint density at radius 2 is 2.53 bits per heavy atom. The third-order valence-electron chi connectivity index (χ3n) is 2.41. The second-order valence-electron chi connectivity index (χ2n) is 3.41. The Kier molecular flexibility index (Phi) is 5.51. The average Bonchev–Trinajstić information content (AvgIpc) is 2.31. The molecule has 1 saturated heterocycles. The molecule has 1 unspecified atom stereocenters. The quantitative estimate of drug-likeness (QED) is 0.758. The number of nitrogens with one attached hydrogen (secondary N) is 1. The lowest BCUT2D eigenvalue weighted by molar-refractivity contribution is -0.132. The number of nitrogens with zero attached hydrogens (tertiary/aromatic N) is 2. The zero-order valence-electron chi connectivity index (χ0n) is 9.03. The first kappa shape index (κ1) is 12.3. The maximum Gasteiger partial charge on any atom is 0.240 e. The number of rotatable bonds is 4. The molecule has 4 nitrogen and oxygen atoms in total. The van der Waals surface area contributed by atoms with Crippen LogP contribution in [0.15, 0.2) is 0 Å². The van der Waals surface area contributed by atoms with Crippen molar-refractivity contribution in [3.63, 3.8) is 0 Å². The van der Waals surface area contributed by atoms with Crippen molar-refractivity contribution >= 4 is 17.7 Å². The van der Waals surface area contributed by atoms with Gasteiger partial charge in [0.2, 0.25) is 5.91 Å². The predicted octanol–water partition coefficient (Wildman–Crippen LogP) is 0.454. The number of hydrogen-bond donors (Lipinski definition) is 1. The number of carbonyl (C=O) groups excluding carboxylic acids is 1. The van der Waals surface area contributed by atoms with Gasteiger partial charge < -0.3 is 10.2 Å². The summed E-state index contributed by atoms with van der Waals surface area (Å²) in [6.07, 6.45) is 0.416. The first-order chi connectivity index (χ1) is 7.29. The van der Waals surface area contributed by atoms with E-state index in [1.54, 1.807) is 4.90 Å². The van der Waals surface area contributed by atoms with Crippen molar-refractivity contribution in [3.05, 3.63) is 0 Å². The van der Waals surface area contributed by atoms with Gasteiger partial charge in [0.15, 0.2) is 0 Å². The van der Waals surface area contributed by atoms with Crippen LogP contribution in [-0.2, 0) is 4.79 Å². The zero-order valence-corrected chi connectivity index (χ0v) is 9.85. The molecule has 0 saturated carbocycles. The van der Waals surface area contributed by atoms with Gasteiger partial charge in [0.1, 0.15) is 0 Å². The summed E-state index contributed by atoms with van der Waals surface area (Å²) in [5.74, 6) is 2.07. The van der Waals surface area contributed by atoms with E-state index in [4.69, 9.17) is 5.26 Å². The monoisotopic (exact) mass is 227 g/mol. The third-order valence-corrected chi connectivity index (χ3v) is 3.47. The number of likely N-dealkylation sites (N-methyl/N-ethyl adjacent to an activating group) is 1. The molecule has 1 N–H and O–H groups in total. The fourth-order valence-electron chi connectivity index (χ4n) is 1.55. The largest absolute Gasteiger partial charge is 0.341 e. The van der Waals surface area contributed by atoms with Gasteiger partial charge in [-0.1, -0.05) is 0 Å². The Balaban J connectivity index is 2.44. The molecule has 1 aliphatic rings. The number of carbonyl (C=O) groups is 1. The number of thioether (sulfide) groups is 1. The van der Waals surface area contributed by atoms with E-state index in [0.717, 1.165) is 18.1 Å². The van der Waals surface area contributed by atoms with Crippen LogP contribution in [0, 0.1) is 11.3 Å². The Hall–Kier alpha value is -0.730. The van der Waals surface area contributed by atoms with Crippen LogP contribution in [0.1, 0.15) is 13.3 Å². The van der Waals surface area contributed by atoms with Crippen LogP contribution >= 0.6 is 11.8 Å². The first-order valence-electron chi connectivity index (χ1n) is 5.26. The summed E-state index contributed by atoms with van der Waals surface area (Å²) in [5, 5.41) is 11.7. The highest BCUT2D eigenvalue weighted by Crippen LogP contribution is 2.10. The molecule has 5 heteroatoms. The third kappa shape index (κ3) is 3.73. The highest BCUT2D eigenvalue weighted by Gasteiger charge is 2.24. The minimum absolute atomic E-state index is 0.0533. The topological polar surface area (TPSA) is 56.1 Å². The molecule has 1 heterocycles. The molecule has 84 valence electrons. The molecule has 1 amide bonds. The van der Waals surface area contributed by atoms with E-state index in [2.05, 4.69) is 11.4 Å². The molecule has 1 aliphatic heterocycles. The summed E-state index contributed by atoms with van der Waals surface area (Å²) in [5.41, 5.74) is 0. The van der Waals surface area contributed by atoms with Crippen LogP contribution in [0.3, 0.4) is 0 Å². The lowest BCUT2D eigenvalue weighted by Crippen LogP contribution is -2.50. The Labute approximate surface area is 95.0 Å². The van der Waals surface area contributed by atoms with Crippen LogP contribution in [0.5, 0.6) is 0 Å². The van der Waals surface area contributed by atoms with Crippen LogP contribution < -0.4 is 5.32 Å². The van der Waals surface area contributed by atoms with Crippen molar-refractivity contribution in [2.45, 2.75) is 19.4 Å². The molecular weight excluding hydrogens is 210 g/mol. The molecule has 0 aromatic carbocycles. The van der Waals surface area contributed by atoms with Gasteiger partial charge in [-0.15, -0.1) is 0 Å². The second kappa shape index (κ2) is 6.70. The van der Waals surface area contributed by atoms with Crippen molar-refractivity contribution < 1.29 is 4.79 Å². The normalized spacial score (nSPS) is 20.7. The van der Waals surface area contributed by atoms with E-state index < -0.39 is 0 Å². The molecule has 15 heavy (non-hydrogen) atoms. The van der Waals surface area contributed by atoms with Gasteiger partial charge in [0.25, 0.3) is 0 Å². The van der Waals surface area contributed by atoms with Crippen LogP contribution in [0.2, 0.25) is 0 Å². The SMILES string of the molecule is CCN(CCC#N)C(=O)C1CSCCN1. The van der Waals surface area contributed by atoms with Crippen molar-refractivity contribution in [3.8, 4) is 6.07 Å². The summed E-state index contributed by atoms with van der Waals surface area (Å²) >= 11 is 1.81. The number of amides is 1. The van der Waals surface area contributed by atoms with E-state index in [-0.39, 0.29) is 11.9 Å². The van der Waals surface area contributed by atoms with Gasteiger partial charge in [0.05, 0.1) is 18.5 Å². The maximum atomic E-state index is 12.0. The van der Waals surface area contributed by atoms with Gasteiger partial charge in [-0.25, -0.2) is 0 Å². The van der Waals surface area contributed by atoms with Gasteiger partial charge in [-0.3, -0.25) is 4.79 Å². The van der Waals surface area contributed by atoms with Crippen LogP contribution in [0.25, 0.3) is 0 Å². The lowest BCUT2D eigenvalue weighted by Gasteiger charge is -2.28. The molecule has 0 radical (unpaired) electrons. The van der Waals surface area contributed by atoms with Crippen LogP contribution in [-0.4, -0.2) is 48.0 Å². The minimum Gasteiger partial charge on any atom is -0.341 e. The van der Waals surface area contributed by atoms with Crippen molar-refractivity contribution in [1.82, 2.24) is 10.2 Å². The van der Waals surface area contributed by atoms with E-state index in [1.807, 2.05) is 18.7 Å². The molecule has 0 spiro atoms. The van der Waals surface area contributed by atoms with Gasteiger partial charge >= 0.3 is 0 Å². The Morgan fingerprint density at radius 1 is 1.73 bits per heavy atom. The summed E-state index contributed by atoms with van der Waals surface area (Å²) < 4.78 is 0. The van der Waals surface area contributed by atoms with E-state index in [0.29, 0.717) is 19.5 Å².